The number of fused-ring (bicyclic) bond motifs is 2. The molecule has 134 valence electrons. The van der Waals surface area contributed by atoms with Gasteiger partial charge in [-0.15, -0.1) is 0 Å². The number of phenols is 1. The number of benzene rings is 3. The lowest BCUT2D eigenvalue weighted by atomic mass is 10.0. The second-order valence-corrected chi connectivity index (χ2v) is 6.06. The summed E-state index contributed by atoms with van der Waals surface area (Å²) in [4.78, 5) is 19.6. The van der Waals surface area contributed by atoms with Crippen LogP contribution in [-0.2, 0) is 6.54 Å². The monoisotopic (exact) mass is 360 g/mol. The summed E-state index contributed by atoms with van der Waals surface area (Å²) in [5.41, 5.74) is 2.34. The molecule has 7 nitrogen and oxygen atoms in total. The van der Waals surface area contributed by atoms with Gasteiger partial charge < -0.3 is 9.67 Å². The molecule has 1 N–H and O–H groups in total. The molecule has 3 aromatic carbocycles. The molecule has 0 amide bonds. The Morgan fingerprint density at radius 2 is 2.04 bits per heavy atom. The van der Waals surface area contributed by atoms with Crippen molar-refractivity contribution in [2.75, 3.05) is 0 Å². The van der Waals surface area contributed by atoms with Crippen LogP contribution in [0.1, 0.15) is 12.5 Å². The smallest absolute Gasteiger partial charge is 0.270 e. The Labute approximate surface area is 154 Å². The average Bonchev–Trinajstić information content (AvgIpc) is 3.04. The van der Waals surface area contributed by atoms with Gasteiger partial charge in [0, 0.05) is 30.5 Å². The van der Waals surface area contributed by atoms with E-state index in [1.54, 1.807) is 18.3 Å². The Morgan fingerprint density at radius 3 is 2.81 bits per heavy atom. The molecule has 1 aromatic heterocycles. The van der Waals surface area contributed by atoms with Crippen molar-refractivity contribution in [2.45, 2.75) is 13.5 Å². The molecule has 1 heterocycles. The van der Waals surface area contributed by atoms with Gasteiger partial charge in [0.15, 0.2) is 0 Å². The van der Waals surface area contributed by atoms with Crippen molar-refractivity contribution in [2.24, 2.45) is 4.99 Å². The van der Waals surface area contributed by atoms with Crippen LogP contribution >= 0.6 is 0 Å². The molecule has 0 bridgehead atoms. The Bertz CT molecular complexity index is 1210. The normalized spacial score (nSPS) is 11.6. The van der Waals surface area contributed by atoms with Crippen molar-refractivity contribution in [1.82, 2.24) is 9.55 Å². The Hall–Kier alpha value is -3.74. The molecular formula is C20H16N4O3. The number of phenolic OH excluding ortho intramolecular Hbond substituents is 1. The first kappa shape index (κ1) is 16.7. The van der Waals surface area contributed by atoms with Crippen molar-refractivity contribution < 1.29 is 10.0 Å². The molecular weight excluding hydrogens is 344 g/mol. The fraction of sp³-hybridized carbons (Fsp3) is 0.100. The van der Waals surface area contributed by atoms with Crippen LogP contribution in [0.25, 0.3) is 21.8 Å². The highest BCUT2D eigenvalue weighted by molar-refractivity contribution is 6.03. The number of imidazole rings is 1. The third-order valence-electron chi connectivity index (χ3n) is 4.49. The van der Waals surface area contributed by atoms with Gasteiger partial charge in [-0.05, 0) is 42.0 Å². The van der Waals surface area contributed by atoms with E-state index < -0.39 is 4.92 Å². The third-order valence-corrected chi connectivity index (χ3v) is 4.49. The summed E-state index contributed by atoms with van der Waals surface area (Å²) in [5.74, 6) is 0.594. The third kappa shape index (κ3) is 2.89. The molecule has 0 saturated heterocycles. The van der Waals surface area contributed by atoms with Crippen LogP contribution in [0, 0.1) is 10.1 Å². The first-order valence-electron chi connectivity index (χ1n) is 8.48. The van der Waals surface area contributed by atoms with Crippen LogP contribution in [0.15, 0.2) is 59.6 Å². The van der Waals surface area contributed by atoms with Crippen molar-refractivity contribution in [3.8, 4) is 5.75 Å². The standard InChI is InChI=1S/C20H16N4O3/c1-2-23-18-6-4-3-5-17(18)22-20(23)21-12-16-15-9-8-14(24(26)27)11-13(15)7-10-19(16)25/h3-12,25H,2H2,1H3/b21-12+. The van der Waals surface area contributed by atoms with E-state index in [4.69, 9.17) is 0 Å². The van der Waals surface area contributed by atoms with E-state index in [1.807, 2.05) is 35.8 Å². The summed E-state index contributed by atoms with van der Waals surface area (Å²) in [7, 11) is 0. The highest BCUT2D eigenvalue weighted by atomic mass is 16.6. The maximum absolute atomic E-state index is 11.0. The fourth-order valence-electron chi connectivity index (χ4n) is 3.17. The number of nitro groups is 1. The van der Waals surface area contributed by atoms with Gasteiger partial charge in [-0.25, -0.2) is 9.98 Å². The van der Waals surface area contributed by atoms with Crippen molar-refractivity contribution in [1.29, 1.82) is 0 Å². The van der Waals surface area contributed by atoms with Crippen LogP contribution in [0.3, 0.4) is 0 Å². The minimum absolute atomic E-state index is 0.00357. The van der Waals surface area contributed by atoms with E-state index in [1.165, 1.54) is 18.2 Å². The first-order valence-corrected chi connectivity index (χ1v) is 8.48. The fourth-order valence-corrected chi connectivity index (χ4v) is 3.17. The summed E-state index contributed by atoms with van der Waals surface area (Å²) in [6.45, 7) is 2.72. The van der Waals surface area contributed by atoms with Gasteiger partial charge in [-0.3, -0.25) is 10.1 Å². The van der Waals surface area contributed by atoms with E-state index >= 15 is 0 Å². The van der Waals surface area contributed by atoms with E-state index in [0.717, 1.165) is 11.0 Å². The minimum atomic E-state index is -0.441. The number of aromatic nitrogens is 2. The predicted molar refractivity (Wildman–Crippen MR) is 105 cm³/mol. The molecule has 7 heteroatoms. The maximum atomic E-state index is 11.0. The number of nitrogens with zero attached hydrogens (tertiary/aromatic N) is 4. The lowest BCUT2D eigenvalue weighted by Crippen LogP contribution is -1.94. The molecule has 0 saturated carbocycles. The molecule has 0 fully saturated rings. The van der Waals surface area contributed by atoms with E-state index in [9.17, 15) is 15.2 Å². The number of aromatic hydroxyl groups is 1. The van der Waals surface area contributed by atoms with Gasteiger partial charge in [-0.1, -0.05) is 18.2 Å². The first-order chi connectivity index (χ1) is 13.1. The molecule has 4 rings (SSSR count). The summed E-state index contributed by atoms with van der Waals surface area (Å²) >= 11 is 0. The van der Waals surface area contributed by atoms with Gasteiger partial charge in [0.1, 0.15) is 5.75 Å². The quantitative estimate of drug-likeness (QED) is 0.328. The van der Waals surface area contributed by atoms with Crippen LogP contribution in [0.2, 0.25) is 0 Å². The second kappa shape index (κ2) is 6.53. The average molecular weight is 360 g/mol. The molecule has 0 aliphatic carbocycles. The SMILES string of the molecule is CCn1c(/N=C/c2c(O)ccc3cc([N+](=O)[O-])ccc23)nc2ccccc21. The molecule has 0 atom stereocenters. The largest absolute Gasteiger partial charge is 0.507 e. The summed E-state index contributed by atoms with van der Waals surface area (Å²) < 4.78 is 1.98. The Kier molecular flexibility index (Phi) is 4.04. The molecule has 4 aromatic rings. The number of non-ortho nitro benzene ring substituents is 1. The Balaban J connectivity index is 1.84. The molecule has 0 aliphatic heterocycles. The zero-order valence-corrected chi connectivity index (χ0v) is 14.5. The number of hydrogen-bond acceptors (Lipinski definition) is 5. The molecule has 0 unspecified atom stereocenters. The van der Waals surface area contributed by atoms with Crippen LogP contribution < -0.4 is 0 Å². The highest BCUT2D eigenvalue weighted by Gasteiger charge is 2.12. The number of nitro benzene ring substituents is 1. The van der Waals surface area contributed by atoms with E-state index in [0.29, 0.717) is 28.8 Å². The molecule has 0 radical (unpaired) electrons. The summed E-state index contributed by atoms with van der Waals surface area (Å²) in [6, 6.07) is 15.5. The lowest BCUT2D eigenvalue weighted by Gasteiger charge is -2.05. The lowest BCUT2D eigenvalue weighted by molar-refractivity contribution is -0.384. The van der Waals surface area contributed by atoms with Gasteiger partial charge in [0.25, 0.3) is 5.69 Å². The number of rotatable bonds is 4. The van der Waals surface area contributed by atoms with Gasteiger partial charge >= 0.3 is 0 Å². The van der Waals surface area contributed by atoms with Crippen LogP contribution in [0.5, 0.6) is 5.75 Å². The molecule has 0 aliphatic rings. The van der Waals surface area contributed by atoms with E-state index in [-0.39, 0.29) is 11.4 Å². The van der Waals surface area contributed by atoms with Crippen LogP contribution in [0.4, 0.5) is 11.6 Å². The van der Waals surface area contributed by atoms with Crippen molar-refractivity contribution in [3.05, 3.63) is 70.3 Å². The number of aliphatic imine (C=N–C) groups is 1. The molecule has 27 heavy (non-hydrogen) atoms. The minimum Gasteiger partial charge on any atom is -0.507 e. The summed E-state index contributed by atoms with van der Waals surface area (Å²) in [5, 5.41) is 22.6. The number of para-hydroxylation sites is 2. The Morgan fingerprint density at radius 1 is 1.22 bits per heavy atom. The summed E-state index contributed by atoms with van der Waals surface area (Å²) in [6.07, 6.45) is 1.55. The maximum Gasteiger partial charge on any atom is 0.270 e. The van der Waals surface area contributed by atoms with Crippen LogP contribution in [-0.4, -0.2) is 25.8 Å². The van der Waals surface area contributed by atoms with Gasteiger partial charge in [0.2, 0.25) is 5.95 Å². The van der Waals surface area contributed by atoms with Gasteiger partial charge in [0.05, 0.1) is 16.0 Å². The zero-order valence-electron chi connectivity index (χ0n) is 14.5. The number of hydrogen-bond donors (Lipinski definition) is 1. The highest BCUT2D eigenvalue weighted by Crippen LogP contribution is 2.29. The van der Waals surface area contributed by atoms with Crippen molar-refractivity contribution in [3.63, 3.8) is 0 Å². The zero-order chi connectivity index (χ0) is 19.0. The molecule has 0 spiro atoms. The topological polar surface area (TPSA) is 93.5 Å². The second-order valence-electron chi connectivity index (χ2n) is 6.06. The van der Waals surface area contributed by atoms with Gasteiger partial charge in [-0.2, -0.15) is 0 Å². The van der Waals surface area contributed by atoms with E-state index in [2.05, 4.69) is 9.98 Å². The predicted octanol–water partition coefficient (Wildman–Crippen LogP) is 4.57. The van der Waals surface area contributed by atoms with Crippen molar-refractivity contribution >= 4 is 39.7 Å². The number of aryl methyl sites for hydroxylation is 1.